The maximum absolute atomic E-state index is 12.7. The lowest BCUT2D eigenvalue weighted by Gasteiger charge is -2.17. The van der Waals surface area contributed by atoms with E-state index in [1.54, 1.807) is 24.5 Å². The number of nitrogens with zero attached hydrogens (tertiary/aromatic N) is 3. The van der Waals surface area contributed by atoms with Crippen LogP contribution in [0.4, 0.5) is 0 Å². The second kappa shape index (κ2) is 9.05. The number of pyridine rings is 1. The molecule has 0 fully saturated rings. The van der Waals surface area contributed by atoms with E-state index in [0.29, 0.717) is 28.9 Å². The predicted molar refractivity (Wildman–Crippen MR) is 120 cm³/mol. The molecule has 1 aliphatic rings. The summed E-state index contributed by atoms with van der Waals surface area (Å²) in [7, 11) is 0. The van der Waals surface area contributed by atoms with Crippen LogP contribution in [0.25, 0.3) is 5.65 Å². The molecule has 0 saturated carbocycles. The Hall–Kier alpha value is -3.94. The number of hydrogen-bond donors (Lipinski definition) is 2. The van der Waals surface area contributed by atoms with Crippen molar-refractivity contribution in [3.63, 3.8) is 0 Å². The second-order valence-electron chi connectivity index (χ2n) is 7.56. The van der Waals surface area contributed by atoms with Gasteiger partial charge in [0.15, 0.2) is 0 Å². The van der Waals surface area contributed by atoms with E-state index in [2.05, 4.69) is 9.98 Å². The number of carboxylic acids is 1. The van der Waals surface area contributed by atoms with Crippen LogP contribution in [0.5, 0.6) is 11.5 Å². The van der Waals surface area contributed by atoms with Crippen molar-refractivity contribution in [3.05, 3.63) is 81.5 Å². The molecule has 0 radical (unpaired) electrons. The van der Waals surface area contributed by atoms with Gasteiger partial charge in [-0.15, -0.1) is 0 Å². The lowest BCUT2D eigenvalue weighted by atomic mass is 9.99. The first-order valence-electron chi connectivity index (χ1n) is 10.4. The van der Waals surface area contributed by atoms with Crippen LogP contribution in [0.1, 0.15) is 42.0 Å². The fraction of sp³-hybridized carbons (Fsp3) is 0.250. The number of carboxylic acid groups (broad SMARTS) is 1. The molecule has 164 valence electrons. The number of aromatic nitrogens is 2. The topological polar surface area (TPSA) is 113 Å². The minimum absolute atomic E-state index is 0.122. The first-order valence-corrected chi connectivity index (χ1v) is 10.4. The van der Waals surface area contributed by atoms with Crippen molar-refractivity contribution in [1.82, 2.24) is 9.38 Å². The third kappa shape index (κ3) is 4.25. The Bertz CT molecular complexity index is 1310. The maximum Gasteiger partial charge on any atom is 0.303 e. The van der Waals surface area contributed by atoms with Gasteiger partial charge in [0.25, 0.3) is 5.56 Å². The molecule has 2 N–H and O–H groups in total. The van der Waals surface area contributed by atoms with Crippen LogP contribution in [-0.4, -0.2) is 31.3 Å². The molecule has 3 aromatic rings. The summed E-state index contributed by atoms with van der Waals surface area (Å²) >= 11 is 0. The molecule has 32 heavy (non-hydrogen) atoms. The highest BCUT2D eigenvalue weighted by molar-refractivity contribution is 6.14. The highest BCUT2D eigenvalue weighted by Gasteiger charge is 2.17. The first-order chi connectivity index (χ1) is 15.5. The zero-order chi connectivity index (χ0) is 22.7. The summed E-state index contributed by atoms with van der Waals surface area (Å²) in [6.45, 7) is 2.22. The fourth-order valence-electron chi connectivity index (χ4n) is 3.58. The van der Waals surface area contributed by atoms with Gasteiger partial charge < -0.3 is 14.9 Å². The summed E-state index contributed by atoms with van der Waals surface area (Å²) in [5, 5.41) is 19.6. The molecule has 1 aromatic carbocycles. The van der Waals surface area contributed by atoms with E-state index in [4.69, 9.17) is 9.84 Å². The number of aliphatic carboxylic acids is 1. The molecule has 8 nitrogen and oxygen atoms in total. The summed E-state index contributed by atoms with van der Waals surface area (Å²) < 4.78 is 7.42. The van der Waals surface area contributed by atoms with Crippen molar-refractivity contribution >= 4 is 17.3 Å². The molecular weight excluding hydrogens is 410 g/mol. The summed E-state index contributed by atoms with van der Waals surface area (Å²) in [4.78, 5) is 32.0. The van der Waals surface area contributed by atoms with E-state index in [-0.39, 0.29) is 30.8 Å². The lowest BCUT2D eigenvalue weighted by Crippen LogP contribution is -2.20. The highest BCUT2D eigenvalue weighted by Crippen LogP contribution is 2.34. The highest BCUT2D eigenvalue weighted by atomic mass is 16.5. The zero-order valence-corrected chi connectivity index (χ0v) is 17.6. The Labute approximate surface area is 184 Å². The van der Waals surface area contributed by atoms with Crippen LogP contribution in [0, 0.1) is 0 Å². The Morgan fingerprint density at radius 2 is 2.00 bits per heavy atom. The molecule has 0 spiro atoms. The molecule has 0 saturated heterocycles. The van der Waals surface area contributed by atoms with Gasteiger partial charge >= 0.3 is 5.97 Å². The molecule has 4 rings (SSSR count). The number of rotatable bonds is 9. The molecular formula is C24H23N3O5. The van der Waals surface area contributed by atoms with Gasteiger partial charge in [-0.2, -0.15) is 0 Å². The van der Waals surface area contributed by atoms with Gasteiger partial charge in [-0.3, -0.25) is 19.0 Å². The number of aliphatic imine (C=N–C) groups is 1. The van der Waals surface area contributed by atoms with Crippen molar-refractivity contribution in [3.8, 4) is 11.5 Å². The van der Waals surface area contributed by atoms with E-state index in [1.165, 1.54) is 10.6 Å². The molecule has 0 amide bonds. The van der Waals surface area contributed by atoms with Gasteiger partial charge in [0.05, 0.1) is 5.71 Å². The zero-order valence-electron chi connectivity index (χ0n) is 17.6. The average molecular weight is 433 g/mol. The van der Waals surface area contributed by atoms with Gasteiger partial charge in [0, 0.05) is 47.3 Å². The van der Waals surface area contributed by atoms with Crippen molar-refractivity contribution in [2.45, 2.75) is 39.2 Å². The Balaban J connectivity index is 1.58. The number of aryl methyl sites for hydroxylation is 1. The number of carbonyl (C=O) groups is 1. The quantitative estimate of drug-likeness (QED) is 0.535. The van der Waals surface area contributed by atoms with E-state index in [1.807, 2.05) is 25.1 Å². The predicted octanol–water partition coefficient (Wildman–Crippen LogP) is 3.27. The van der Waals surface area contributed by atoms with Crippen LogP contribution in [0.2, 0.25) is 0 Å². The molecule has 0 bridgehead atoms. The monoisotopic (exact) mass is 433 g/mol. The molecule has 3 heterocycles. The maximum atomic E-state index is 12.7. The third-order valence-corrected chi connectivity index (χ3v) is 5.30. The van der Waals surface area contributed by atoms with Crippen molar-refractivity contribution in [2.75, 3.05) is 0 Å². The summed E-state index contributed by atoms with van der Waals surface area (Å²) in [5.74, 6) is -0.207. The third-order valence-electron chi connectivity index (χ3n) is 5.30. The number of aromatic hydroxyl groups is 1. The van der Waals surface area contributed by atoms with E-state index in [9.17, 15) is 14.7 Å². The van der Waals surface area contributed by atoms with Crippen LogP contribution in [0.3, 0.4) is 0 Å². The Kier molecular flexibility index (Phi) is 6.02. The number of phenolic OH excluding ortho intramolecular Hbond substituents is 1. The van der Waals surface area contributed by atoms with Gasteiger partial charge in [-0.05, 0) is 37.1 Å². The number of benzene rings is 1. The van der Waals surface area contributed by atoms with Crippen LogP contribution >= 0.6 is 0 Å². The Morgan fingerprint density at radius 1 is 1.19 bits per heavy atom. The molecule has 0 aliphatic carbocycles. The first kappa shape index (κ1) is 21.3. The van der Waals surface area contributed by atoms with Crippen molar-refractivity contribution < 1.29 is 19.7 Å². The molecule has 0 unspecified atom stereocenters. The molecule has 0 atom stereocenters. The van der Waals surface area contributed by atoms with Gasteiger partial charge in [-0.1, -0.05) is 19.4 Å². The smallest absolute Gasteiger partial charge is 0.303 e. The number of ether oxygens (including phenoxy) is 1. The normalized spacial score (nSPS) is 12.5. The minimum Gasteiger partial charge on any atom is -0.507 e. The van der Waals surface area contributed by atoms with Crippen LogP contribution < -0.4 is 10.3 Å². The average Bonchev–Trinajstić information content (AvgIpc) is 2.74. The number of hydrogen-bond acceptors (Lipinski definition) is 6. The number of phenols is 1. The SMILES string of the molecule is CCCc1c(OCc2ccc3ncc(CCC(=O)O)c(=O)n3c2)ccc(C2=NC=C2)c1O. The van der Waals surface area contributed by atoms with E-state index >= 15 is 0 Å². The fourth-order valence-corrected chi connectivity index (χ4v) is 3.58. The van der Waals surface area contributed by atoms with E-state index in [0.717, 1.165) is 23.3 Å². The molecule has 8 heteroatoms. The van der Waals surface area contributed by atoms with Crippen molar-refractivity contribution in [2.24, 2.45) is 4.99 Å². The number of fused-ring (bicyclic) bond motifs is 1. The molecule has 1 aliphatic heterocycles. The van der Waals surface area contributed by atoms with E-state index < -0.39 is 5.97 Å². The summed E-state index contributed by atoms with van der Waals surface area (Å²) in [6, 6.07) is 7.15. The largest absolute Gasteiger partial charge is 0.507 e. The second-order valence-corrected chi connectivity index (χ2v) is 7.56. The lowest BCUT2D eigenvalue weighted by molar-refractivity contribution is -0.136. The number of allylic oxidation sites excluding steroid dienone is 1. The Morgan fingerprint density at radius 3 is 2.69 bits per heavy atom. The minimum atomic E-state index is -0.964. The summed E-state index contributed by atoms with van der Waals surface area (Å²) in [5.41, 5.74) is 3.42. The van der Waals surface area contributed by atoms with Crippen molar-refractivity contribution in [1.29, 1.82) is 0 Å². The van der Waals surface area contributed by atoms with Gasteiger partial charge in [0.2, 0.25) is 0 Å². The standard InChI is InChI=1S/C24H23N3O5/c1-2-3-18-20(7-6-17(23(18)30)19-10-11-25-19)32-14-15-4-8-21-26-12-16(5-9-22(28)29)24(31)27(21)13-15/h4,6-8,10-13,30H,2-3,5,9,14H2,1H3,(H,28,29). The van der Waals surface area contributed by atoms with Gasteiger partial charge in [0.1, 0.15) is 23.8 Å². The van der Waals surface area contributed by atoms with Crippen LogP contribution in [-0.2, 0) is 24.2 Å². The molecule has 2 aromatic heterocycles. The summed E-state index contributed by atoms with van der Waals surface area (Å²) in [6.07, 6.45) is 8.09. The van der Waals surface area contributed by atoms with Gasteiger partial charge in [-0.25, -0.2) is 4.98 Å². The van der Waals surface area contributed by atoms with Crippen LogP contribution in [0.15, 0.2) is 58.7 Å².